The van der Waals surface area contributed by atoms with E-state index in [0.717, 1.165) is 45.5 Å². The number of hydrogen-bond donors (Lipinski definition) is 2. The largest absolute Gasteiger partial charge is 0.573 e. The van der Waals surface area contributed by atoms with Gasteiger partial charge >= 0.3 is 12.5 Å². The second kappa shape index (κ2) is 16.3. The molecule has 4 atom stereocenters. The summed E-state index contributed by atoms with van der Waals surface area (Å²) < 4.78 is 114. The number of fused-ring (bicyclic) bond motifs is 8. The number of ketones is 1. The zero-order valence-corrected chi connectivity index (χ0v) is 32.9. The molecule has 1 fully saturated rings. The molecule has 1 aromatic heterocycles. The second-order valence-electron chi connectivity index (χ2n) is 15.3. The molecule has 2 bridgehead atoms. The molecule has 15 heteroatoms. The number of halogens is 6. The predicted octanol–water partition coefficient (Wildman–Crippen LogP) is 9.83. The van der Waals surface area contributed by atoms with Crippen LogP contribution in [0.5, 0.6) is 5.75 Å². The number of carbonyl (C=O) groups is 1. The standard InChI is InChI=1S/C42H43F6NO6S2/c1-27-6-4-19-39(2)36(34-17-13-29(22-32(50)14-10-27)23-35(34)38(51)30-7-3-8-31(24-30)41(43,44)45)18-20-40(39,52)26-49(57(53,54)37-9-5-21-56-37)25-28-11-15-33(16-12-28)55-42(46,47)48/h3,5-9,11-13,15-17,21,23-24,32,36,50,52H,4,10,14,18-20,22,25-26H2,1-2H3. The SMILES string of the molecule is CC1=CCCC2(C)C(CCC2(O)CN(Cc2ccc(OC(F)(F)F)cc2)S(=O)(=O)c2cccs2)c2ccc(cc2C(=O)c2cccc(C(F)(F)F)c2)CC(O)CC1. The Morgan fingerprint density at radius 3 is 2.37 bits per heavy atom. The summed E-state index contributed by atoms with van der Waals surface area (Å²) in [6.45, 7) is 3.07. The number of ether oxygens (including phenoxy) is 1. The number of rotatable bonds is 9. The van der Waals surface area contributed by atoms with Gasteiger partial charge in [-0.15, -0.1) is 24.5 Å². The van der Waals surface area contributed by atoms with Crippen molar-refractivity contribution in [1.82, 2.24) is 4.31 Å². The maximum atomic E-state index is 14.3. The van der Waals surface area contributed by atoms with E-state index >= 15 is 0 Å². The fourth-order valence-electron chi connectivity index (χ4n) is 8.24. The lowest BCUT2D eigenvalue weighted by atomic mass is 9.64. The highest BCUT2D eigenvalue weighted by molar-refractivity contribution is 7.91. The summed E-state index contributed by atoms with van der Waals surface area (Å²) in [5.74, 6) is -1.72. The quantitative estimate of drug-likeness (QED) is 0.0989. The van der Waals surface area contributed by atoms with Crippen LogP contribution in [0.3, 0.4) is 0 Å². The van der Waals surface area contributed by atoms with Gasteiger partial charge in [-0.3, -0.25) is 4.79 Å². The third-order valence-corrected chi connectivity index (χ3v) is 14.6. The van der Waals surface area contributed by atoms with E-state index in [0.29, 0.717) is 42.4 Å². The van der Waals surface area contributed by atoms with E-state index in [2.05, 4.69) is 4.74 Å². The van der Waals surface area contributed by atoms with Crippen LogP contribution in [0.2, 0.25) is 0 Å². The monoisotopic (exact) mass is 835 g/mol. The summed E-state index contributed by atoms with van der Waals surface area (Å²) in [5, 5.41) is 25.4. The lowest BCUT2D eigenvalue weighted by Gasteiger charge is -2.46. The van der Waals surface area contributed by atoms with Gasteiger partial charge < -0.3 is 14.9 Å². The molecule has 3 aliphatic rings. The summed E-state index contributed by atoms with van der Waals surface area (Å²) in [6, 6.07) is 17.1. The third-order valence-electron chi connectivity index (χ3n) is 11.4. The van der Waals surface area contributed by atoms with E-state index in [1.165, 1.54) is 30.3 Å². The van der Waals surface area contributed by atoms with Gasteiger partial charge in [0.25, 0.3) is 10.0 Å². The Morgan fingerprint density at radius 2 is 1.70 bits per heavy atom. The Labute approximate surface area is 331 Å². The first-order valence-corrected chi connectivity index (χ1v) is 20.8. The molecule has 3 aromatic carbocycles. The molecule has 57 heavy (non-hydrogen) atoms. The summed E-state index contributed by atoms with van der Waals surface area (Å²) in [5.41, 5.74) is -1.44. The lowest BCUT2D eigenvalue weighted by Crippen LogP contribution is -2.53. The number of hydrogen-bond acceptors (Lipinski definition) is 7. The van der Waals surface area contributed by atoms with Crippen molar-refractivity contribution < 1.29 is 54.5 Å². The number of thiophene rings is 1. The van der Waals surface area contributed by atoms with Gasteiger partial charge in [-0.25, -0.2) is 8.42 Å². The van der Waals surface area contributed by atoms with Gasteiger partial charge in [-0.1, -0.05) is 61.0 Å². The van der Waals surface area contributed by atoms with Crippen molar-refractivity contribution in [2.75, 3.05) is 6.54 Å². The van der Waals surface area contributed by atoms with E-state index < -0.39 is 69.2 Å². The van der Waals surface area contributed by atoms with Crippen LogP contribution >= 0.6 is 11.3 Å². The van der Waals surface area contributed by atoms with E-state index in [-0.39, 0.29) is 41.1 Å². The van der Waals surface area contributed by atoms with E-state index in [1.54, 1.807) is 29.6 Å². The molecule has 0 amide bonds. The van der Waals surface area contributed by atoms with Crippen LogP contribution in [0, 0.1) is 5.41 Å². The summed E-state index contributed by atoms with van der Waals surface area (Å²) >= 11 is 0.976. The van der Waals surface area contributed by atoms with Crippen molar-refractivity contribution in [3.8, 4) is 5.75 Å². The van der Waals surface area contributed by atoms with Crippen LogP contribution in [0.25, 0.3) is 0 Å². The van der Waals surface area contributed by atoms with Gasteiger partial charge in [0.2, 0.25) is 0 Å². The van der Waals surface area contributed by atoms with Crippen molar-refractivity contribution >= 4 is 27.1 Å². The number of nitrogens with zero attached hydrogens (tertiary/aromatic N) is 1. The van der Waals surface area contributed by atoms with E-state index in [4.69, 9.17) is 0 Å². The minimum Gasteiger partial charge on any atom is -0.406 e. The van der Waals surface area contributed by atoms with Gasteiger partial charge in [0.15, 0.2) is 5.78 Å². The normalized spacial score (nSPS) is 23.5. The van der Waals surface area contributed by atoms with E-state index in [1.807, 2.05) is 19.9 Å². The summed E-state index contributed by atoms with van der Waals surface area (Å²) in [4.78, 5) is 14.3. The third kappa shape index (κ3) is 9.49. The molecule has 7 rings (SSSR count). The Hall–Kier alpha value is -4.02. The van der Waals surface area contributed by atoms with Crippen molar-refractivity contribution in [1.29, 1.82) is 0 Å². The number of alkyl halides is 6. The minimum atomic E-state index is -4.92. The molecule has 2 N–H and O–H groups in total. The minimum absolute atomic E-state index is 0.000800. The molecule has 1 heterocycles. The summed E-state index contributed by atoms with van der Waals surface area (Å²) in [6.07, 6.45) is -6.02. The molecule has 0 radical (unpaired) electrons. The molecule has 306 valence electrons. The van der Waals surface area contributed by atoms with Gasteiger partial charge in [0.05, 0.1) is 17.3 Å². The van der Waals surface area contributed by atoms with E-state index in [9.17, 15) is 49.8 Å². The zero-order chi connectivity index (χ0) is 41.4. The molecule has 0 aliphatic heterocycles. The fraction of sp³-hybridized carbons (Fsp3) is 0.405. The number of sulfonamides is 1. The van der Waals surface area contributed by atoms with Gasteiger partial charge in [0, 0.05) is 29.6 Å². The Morgan fingerprint density at radius 1 is 0.965 bits per heavy atom. The second-order valence-corrected chi connectivity index (χ2v) is 18.4. The molecule has 3 aliphatic carbocycles. The first-order chi connectivity index (χ1) is 26.7. The van der Waals surface area contributed by atoms with Gasteiger partial charge in [-0.2, -0.15) is 17.5 Å². The van der Waals surface area contributed by atoms with Crippen LogP contribution < -0.4 is 4.74 Å². The molecule has 4 aromatic rings. The molecule has 0 saturated heterocycles. The van der Waals surface area contributed by atoms with Crippen molar-refractivity contribution in [3.63, 3.8) is 0 Å². The molecule has 4 unspecified atom stereocenters. The lowest BCUT2D eigenvalue weighted by molar-refractivity contribution is -0.274. The number of aliphatic hydroxyl groups is 2. The van der Waals surface area contributed by atoms with Crippen LogP contribution in [-0.4, -0.2) is 53.3 Å². The number of allylic oxidation sites excluding steroid dienone is 2. The average molecular weight is 836 g/mol. The summed E-state index contributed by atoms with van der Waals surface area (Å²) in [7, 11) is -4.27. The first-order valence-electron chi connectivity index (χ1n) is 18.5. The van der Waals surface area contributed by atoms with Crippen LogP contribution in [-0.2, 0) is 29.2 Å². The smallest absolute Gasteiger partial charge is 0.406 e. The highest BCUT2D eigenvalue weighted by Crippen LogP contribution is 2.59. The molecule has 1 saturated carbocycles. The first kappa shape index (κ1) is 42.6. The Bertz CT molecular complexity index is 2200. The van der Waals surface area contributed by atoms with Crippen molar-refractivity contribution in [2.45, 2.75) is 99.7 Å². The highest BCUT2D eigenvalue weighted by Gasteiger charge is 2.58. The van der Waals surface area contributed by atoms with Crippen LogP contribution in [0.1, 0.15) is 96.5 Å². The van der Waals surface area contributed by atoms with Crippen molar-refractivity contribution in [2.24, 2.45) is 5.41 Å². The molecular weight excluding hydrogens is 793 g/mol. The number of carbonyl (C=O) groups excluding carboxylic acids is 1. The fourth-order valence-corrected chi connectivity index (χ4v) is 10.9. The van der Waals surface area contributed by atoms with Crippen LogP contribution in [0.4, 0.5) is 26.3 Å². The number of aliphatic hydroxyl groups excluding tert-OH is 1. The molecule has 0 spiro atoms. The highest BCUT2D eigenvalue weighted by atomic mass is 32.2. The molecular formula is C42H43F6NO6S2. The van der Waals surface area contributed by atoms with Gasteiger partial charge in [0.1, 0.15) is 9.96 Å². The Balaban J connectivity index is 1.44. The van der Waals surface area contributed by atoms with Crippen LogP contribution in [0.15, 0.2) is 100 Å². The van der Waals surface area contributed by atoms with Gasteiger partial charge in [-0.05, 0) is 116 Å². The zero-order valence-electron chi connectivity index (χ0n) is 31.2. The molecule has 7 nitrogen and oxygen atoms in total. The maximum Gasteiger partial charge on any atom is 0.573 e. The topological polar surface area (TPSA) is 104 Å². The Kier molecular flexibility index (Phi) is 12.2. The predicted molar refractivity (Wildman–Crippen MR) is 203 cm³/mol. The number of benzene rings is 3. The average Bonchev–Trinajstić information content (AvgIpc) is 3.77. The van der Waals surface area contributed by atoms with Crippen molar-refractivity contribution in [3.05, 3.63) is 129 Å². The maximum absolute atomic E-state index is 14.3.